The lowest BCUT2D eigenvalue weighted by Gasteiger charge is -2.27. The van der Waals surface area contributed by atoms with Crippen molar-refractivity contribution in [1.29, 1.82) is 0 Å². The number of nitrogens with one attached hydrogen (secondary N) is 1. The van der Waals surface area contributed by atoms with Gasteiger partial charge in [0.25, 0.3) is 5.91 Å². The van der Waals surface area contributed by atoms with E-state index in [1.807, 2.05) is 25.1 Å². The Labute approximate surface area is 159 Å². The van der Waals surface area contributed by atoms with E-state index in [0.717, 1.165) is 31.0 Å². The summed E-state index contributed by atoms with van der Waals surface area (Å²) < 4.78 is 13.7. The molecule has 1 N–H and O–H groups in total. The fourth-order valence-electron chi connectivity index (χ4n) is 4.61. The summed E-state index contributed by atoms with van der Waals surface area (Å²) in [5.74, 6) is 1.61. The zero-order valence-corrected chi connectivity index (χ0v) is 15.7. The smallest absolute Gasteiger partial charge is 0.252 e. The summed E-state index contributed by atoms with van der Waals surface area (Å²) in [5.41, 5.74) is 1.63. The number of rotatable bonds is 4. The summed E-state index contributed by atoms with van der Waals surface area (Å²) in [6.45, 7) is 5.33. The number of likely N-dealkylation sites (tertiary alicyclic amines) is 1. The zero-order chi connectivity index (χ0) is 19.0. The van der Waals surface area contributed by atoms with Gasteiger partial charge in [-0.2, -0.15) is 0 Å². The molecule has 2 aliphatic rings. The number of nitrogens with zero attached hydrogens (tertiary/aromatic N) is 3. The van der Waals surface area contributed by atoms with Crippen molar-refractivity contribution in [3.8, 4) is 0 Å². The van der Waals surface area contributed by atoms with Crippen LogP contribution in [0.2, 0.25) is 0 Å². The molecule has 4 rings (SSSR count). The van der Waals surface area contributed by atoms with Crippen molar-refractivity contribution in [2.75, 3.05) is 38.1 Å². The number of pyridine rings is 1. The number of hydrogen-bond donors (Lipinski definition) is 1. The molecule has 5 nitrogen and oxygen atoms in total. The van der Waals surface area contributed by atoms with E-state index < -0.39 is 0 Å². The number of amides is 1. The molecule has 0 aliphatic carbocycles. The normalized spacial score (nSPS) is 24.9. The van der Waals surface area contributed by atoms with Gasteiger partial charge < -0.3 is 10.2 Å². The molecule has 1 aromatic heterocycles. The number of fused-ring (bicyclic) bond motifs is 1. The average Bonchev–Trinajstić information content (AvgIpc) is 3.18. The zero-order valence-electron chi connectivity index (χ0n) is 15.7. The Hall–Kier alpha value is -2.47. The van der Waals surface area contributed by atoms with Crippen molar-refractivity contribution >= 4 is 11.7 Å². The molecule has 0 bridgehead atoms. The van der Waals surface area contributed by atoms with Gasteiger partial charge in [0, 0.05) is 44.3 Å². The molecule has 2 saturated heterocycles. The summed E-state index contributed by atoms with van der Waals surface area (Å²) in [6, 6.07) is 11.0. The van der Waals surface area contributed by atoms with Gasteiger partial charge in [-0.3, -0.25) is 9.69 Å². The van der Waals surface area contributed by atoms with E-state index in [1.165, 1.54) is 6.07 Å². The lowest BCUT2D eigenvalue weighted by atomic mass is 9.89. The lowest BCUT2D eigenvalue weighted by molar-refractivity contribution is 0.0955. The van der Waals surface area contributed by atoms with Crippen molar-refractivity contribution < 1.29 is 9.18 Å². The predicted octanol–water partition coefficient (Wildman–Crippen LogP) is 2.71. The van der Waals surface area contributed by atoms with Crippen LogP contribution in [0.5, 0.6) is 0 Å². The van der Waals surface area contributed by atoms with Gasteiger partial charge in [0.05, 0.1) is 5.56 Å². The molecule has 0 spiro atoms. The molecule has 3 heterocycles. The van der Waals surface area contributed by atoms with E-state index in [4.69, 9.17) is 0 Å². The highest BCUT2D eigenvalue weighted by Crippen LogP contribution is 2.44. The van der Waals surface area contributed by atoms with Crippen LogP contribution in [0, 0.1) is 17.7 Å². The molecule has 0 radical (unpaired) electrons. The van der Waals surface area contributed by atoms with Gasteiger partial charge in [-0.1, -0.05) is 12.1 Å². The molecule has 1 amide bonds. The molecule has 6 heteroatoms. The minimum atomic E-state index is -0.179. The van der Waals surface area contributed by atoms with E-state index in [1.54, 1.807) is 18.3 Å². The van der Waals surface area contributed by atoms with Crippen LogP contribution in [-0.4, -0.2) is 49.0 Å². The van der Waals surface area contributed by atoms with Crippen LogP contribution >= 0.6 is 0 Å². The third-order valence-corrected chi connectivity index (χ3v) is 5.76. The van der Waals surface area contributed by atoms with E-state index in [0.29, 0.717) is 23.9 Å². The number of anilines is 1. The van der Waals surface area contributed by atoms with Gasteiger partial charge in [-0.05, 0) is 49.7 Å². The molecular formula is C21H25FN4O. The summed E-state index contributed by atoms with van der Waals surface area (Å²) >= 11 is 0. The van der Waals surface area contributed by atoms with Crippen LogP contribution in [0.25, 0.3) is 0 Å². The van der Waals surface area contributed by atoms with E-state index >= 15 is 0 Å². The maximum Gasteiger partial charge on any atom is 0.252 e. The molecule has 1 aromatic carbocycles. The van der Waals surface area contributed by atoms with Crippen LogP contribution < -0.4 is 10.2 Å². The topological polar surface area (TPSA) is 48.5 Å². The van der Waals surface area contributed by atoms with Gasteiger partial charge in [0.1, 0.15) is 11.6 Å². The number of carbonyl (C=O) groups excluding carboxylic acids is 1. The first kappa shape index (κ1) is 17.9. The number of carbonyl (C=O) groups is 1. The van der Waals surface area contributed by atoms with Crippen LogP contribution in [-0.2, 0) is 0 Å². The summed E-state index contributed by atoms with van der Waals surface area (Å²) in [4.78, 5) is 21.0. The second-order valence-electron chi connectivity index (χ2n) is 7.53. The molecular weight excluding hydrogens is 343 g/mol. The summed E-state index contributed by atoms with van der Waals surface area (Å²) in [7, 11) is 2.12. The molecule has 0 unspecified atom stereocenters. The van der Waals surface area contributed by atoms with Crippen LogP contribution in [0.1, 0.15) is 28.9 Å². The maximum absolute atomic E-state index is 13.7. The highest BCUT2D eigenvalue weighted by Gasteiger charge is 2.46. The molecule has 142 valence electrons. The highest BCUT2D eigenvalue weighted by atomic mass is 19.1. The van der Waals surface area contributed by atoms with Crippen LogP contribution in [0.15, 0.2) is 42.6 Å². The fourth-order valence-corrected chi connectivity index (χ4v) is 4.61. The minimum Gasteiger partial charge on any atom is -0.356 e. The Kier molecular flexibility index (Phi) is 4.83. The van der Waals surface area contributed by atoms with Crippen LogP contribution in [0.4, 0.5) is 10.2 Å². The van der Waals surface area contributed by atoms with Gasteiger partial charge in [-0.25, -0.2) is 9.37 Å². The predicted molar refractivity (Wildman–Crippen MR) is 103 cm³/mol. The Balaban J connectivity index is 1.50. The van der Waals surface area contributed by atoms with Gasteiger partial charge in [0.15, 0.2) is 0 Å². The standard InChI is InChI=1S/C21H25FN4O/c1-3-23-21(27)15-7-8-19(24-10-15)26-12-16-11-25(2)20(18(16)13-26)14-5-4-6-17(22)9-14/h4-10,16,18,20H,3,11-13H2,1-2H3,(H,23,27)/t16-,18+,20-/m0/s1. The first-order valence-electron chi connectivity index (χ1n) is 9.51. The first-order chi connectivity index (χ1) is 13.1. The maximum atomic E-state index is 13.7. The third-order valence-electron chi connectivity index (χ3n) is 5.76. The van der Waals surface area contributed by atoms with E-state index in [9.17, 15) is 9.18 Å². The summed E-state index contributed by atoms with van der Waals surface area (Å²) in [5, 5.41) is 2.79. The van der Waals surface area contributed by atoms with E-state index in [2.05, 4.69) is 27.1 Å². The number of hydrogen-bond acceptors (Lipinski definition) is 4. The van der Waals surface area contributed by atoms with Crippen molar-refractivity contribution in [3.05, 3.63) is 59.5 Å². The Morgan fingerprint density at radius 2 is 2.11 bits per heavy atom. The Morgan fingerprint density at radius 1 is 1.26 bits per heavy atom. The van der Waals surface area contributed by atoms with Crippen molar-refractivity contribution in [3.63, 3.8) is 0 Å². The number of aromatic nitrogens is 1. The second kappa shape index (κ2) is 7.27. The van der Waals surface area contributed by atoms with Gasteiger partial charge >= 0.3 is 0 Å². The summed E-state index contributed by atoms with van der Waals surface area (Å²) in [6.07, 6.45) is 1.64. The third kappa shape index (κ3) is 3.41. The second-order valence-corrected chi connectivity index (χ2v) is 7.53. The highest BCUT2D eigenvalue weighted by molar-refractivity contribution is 5.94. The first-order valence-corrected chi connectivity index (χ1v) is 9.51. The monoisotopic (exact) mass is 368 g/mol. The molecule has 2 aliphatic heterocycles. The molecule has 2 aromatic rings. The van der Waals surface area contributed by atoms with Crippen LogP contribution in [0.3, 0.4) is 0 Å². The molecule has 0 saturated carbocycles. The fraction of sp³-hybridized carbons (Fsp3) is 0.429. The largest absolute Gasteiger partial charge is 0.356 e. The average molecular weight is 368 g/mol. The minimum absolute atomic E-state index is 0.0948. The Morgan fingerprint density at radius 3 is 2.81 bits per heavy atom. The van der Waals surface area contributed by atoms with Gasteiger partial charge in [0.2, 0.25) is 0 Å². The Bertz CT molecular complexity index is 825. The molecule has 3 atom stereocenters. The van der Waals surface area contributed by atoms with E-state index in [-0.39, 0.29) is 17.8 Å². The van der Waals surface area contributed by atoms with Crippen molar-refractivity contribution in [1.82, 2.24) is 15.2 Å². The van der Waals surface area contributed by atoms with Crippen molar-refractivity contribution in [2.45, 2.75) is 13.0 Å². The SMILES string of the molecule is CCNC(=O)c1ccc(N2C[C@@H]3CN(C)[C@@H](c4cccc(F)c4)[C@@H]3C2)nc1. The van der Waals surface area contributed by atoms with Gasteiger partial charge in [-0.15, -0.1) is 0 Å². The molecule has 27 heavy (non-hydrogen) atoms. The quantitative estimate of drug-likeness (QED) is 0.902. The number of benzene rings is 1. The molecule has 2 fully saturated rings. The lowest BCUT2D eigenvalue weighted by Crippen LogP contribution is -2.29. The number of halogens is 1. The van der Waals surface area contributed by atoms with Crippen molar-refractivity contribution in [2.24, 2.45) is 11.8 Å².